The number of carbonyl (C=O) groups is 1. The predicted octanol–water partition coefficient (Wildman–Crippen LogP) is 0.0319. The van der Waals surface area contributed by atoms with Gasteiger partial charge in [-0.1, -0.05) is 6.92 Å². The van der Waals surface area contributed by atoms with E-state index in [1.807, 2.05) is 0 Å². The van der Waals surface area contributed by atoms with Crippen LogP contribution in [0.25, 0.3) is 0 Å². The minimum absolute atomic E-state index is 0.236. The average Bonchev–Trinajstić information content (AvgIpc) is 2.10. The van der Waals surface area contributed by atoms with Crippen LogP contribution in [0.15, 0.2) is 11.3 Å². The summed E-state index contributed by atoms with van der Waals surface area (Å²) in [5, 5.41) is 10.4. The number of rotatable bonds is 2. The summed E-state index contributed by atoms with van der Waals surface area (Å²) in [5.41, 5.74) is 6.76. The molecule has 1 saturated heterocycles. The van der Waals surface area contributed by atoms with Gasteiger partial charge in [0.25, 0.3) is 0 Å². The lowest BCUT2D eigenvalue weighted by Gasteiger charge is -2.33. The van der Waals surface area contributed by atoms with Crippen molar-refractivity contribution < 1.29 is 9.90 Å². The number of carboxylic acids is 1. The monoisotopic (exact) mass is 199 g/mol. The van der Waals surface area contributed by atoms with Crippen molar-refractivity contribution in [3.63, 3.8) is 0 Å². The fraction of sp³-hybridized carbons (Fsp3) is 0.667. The number of aliphatic carboxylic acids is 1. The third kappa shape index (κ3) is 2.05. The molecule has 0 aliphatic carbocycles. The van der Waals surface area contributed by atoms with Gasteiger partial charge >= 0.3 is 5.97 Å². The molecule has 1 heterocycles. The van der Waals surface area contributed by atoms with Gasteiger partial charge in [0, 0.05) is 12.6 Å². The van der Waals surface area contributed by atoms with Crippen LogP contribution in [0.5, 0.6) is 0 Å². The van der Waals surface area contributed by atoms with E-state index >= 15 is 0 Å². The molecular formula is C9H17N3O2. The molecule has 1 unspecified atom stereocenters. The summed E-state index contributed by atoms with van der Waals surface area (Å²) < 4.78 is 0. The van der Waals surface area contributed by atoms with Gasteiger partial charge in [-0.15, -0.1) is 0 Å². The van der Waals surface area contributed by atoms with E-state index in [2.05, 4.69) is 0 Å². The molecule has 0 radical (unpaired) electrons. The van der Waals surface area contributed by atoms with Crippen LogP contribution in [0.4, 0.5) is 0 Å². The zero-order chi connectivity index (χ0) is 10.7. The zero-order valence-corrected chi connectivity index (χ0v) is 8.36. The molecule has 80 valence electrons. The highest BCUT2D eigenvalue weighted by Crippen LogP contribution is 2.21. The molecular weight excluding hydrogens is 182 g/mol. The summed E-state index contributed by atoms with van der Waals surface area (Å²) in [5.74, 6) is 4.79. The maximum absolute atomic E-state index is 10.9. The fourth-order valence-corrected chi connectivity index (χ4v) is 1.79. The molecule has 5 nitrogen and oxygen atoms in total. The number of carboxylic acid groups (broad SMARTS) is 1. The summed E-state index contributed by atoms with van der Waals surface area (Å²) >= 11 is 0. The van der Waals surface area contributed by atoms with Crippen molar-refractivity contribution in [2.75, 3.05) is 6.54 Å². The van der Waals surface area contributed by atoms with Crippen LogP contribution in [-0.2, 0) is 4.79 Å². The Balaban J connectivity index is 3.04. The average molecular weight is 199 g/mol. The van der Waals surface area contributed by atoms with Crippen LogP contribution in [0.3, 0.4) is 0 Å². The molecule has 1 rings (SSSR count). The number of hydrazine groups is 1. The molecule has 14 heavy (non-hydrogen) atoms. The lowest BCUT2D eigenvalue weighted by atomic mass is 9.98. The molecule has 5 N–H and O–H groups in total. The van der Waals surface area contributed by atoms with Gasteiger partial charge in [-0.05, 0) is 19.3 Å². The summed E-state index contributed by atoms with van der Waals surface area (Å²) in [6, 6.07) is -0.236. The van der Waals surface area contributed by atoms with Gasteiger partial charge in [0.1, 0.15) is 0 Å². The first-order valence-corrected chi connectivity index (χ1v) is 4.82. The second kappa shape index (κ2) is 4.43. The van der Waals surface area contributed by atoms with Gasteiger partial charge in [-0.3, -0.25) is 0 Å². The minimum atomic E-state index is -0.921. The smallest absolute Gasteiger partial charge is 0.333 e. The SMILES string of the molecule is CC/C(C(=O)O)=C1/C(N)CCCN1N. The minimum Gasteiger partial charge on any atom is -0.478 e. The van der Waals surface area contributed by atoms with Crippen molar-refractivity contribution >= 4 is 5.97 Å². The van der Waals surface area contributed by atoms with Crippen LogP contribution in [0, 0.1) is 0 Å². The largest absolute Gasteiger partial charge is 0.478 e. The first kappa shape index (κ1) is 11.0. The molecule has 0 aromatic rings. The number of hydrogen-bond acceptors (Lipinski definition) is 4. The first-order valence-electron chi connectivity index (χ1n) is 4.82. The Labute approximate surface area is 83.3 Å². The molecule has 0 aromatic carbocycles. The van der Waals surface area contributed by atoms with E-state index in [-0.39, 0.29) is 6.04 Å². The van der Waals surface area contributed by atoms with Gasteiger partial charge in [0.15, 0.2) is 0 Å². The normalized spacial score (nSPS) is 26.2. The Bertz CT molecular complexity index is 251. The molecule has 1 fully saturated rings. The Morgan fingerprint density at radius 3 is 2.79 bits per heavy atom. The second-order valence-electron chi connectivity index (χ2n) is 3.46. The van der Waals surface area contributed by atoms with Crippen LogP contribution in [0.2, 0.25) is 0 Å². The highest BCUT2D eigenvalue weighted by Gasteiger charge is 2.25. The number of piperidine rings is 1. The molecule has 0 amide bonds. The van der Waals surface area contributed by atoms with Crippen LogP contribution < -0.4 is 11.6 Å². The Morgan fingerprint density at radius 2 is 2.36 bits per heavy atom. The number of nitrogens with zero attached hydrogens (tertiary/aromatic N) is 1. The van der Waals surface area contributed by atoms with E-state index in [4.69, 9.17) is 16.7 Å². The maximum atomic E-state index is 10.9. The van der Waals surface area contributed by atoms with E-state index in [9.17, 15) is 4.79 Å². The highest BCUT2D eigenvalue weighted by atomic mass is 16.4. The predicted molar refractivity (Wildman–Crippen MR) is 53.1 cm³/mol. The van der Waals surface area contributed by atoms with Crippen molar-refractivity contribution in [2.24, 2.45) is 11.6 Å². The molecule has 0 aromatic heterocycles. The lowest BCUT2D eigenvalue weighted by molar-refractivity contribution is -0.133. The topological polar surface area (TPSA) is 92.6 Å². The van der Waals surface area contributed by atoms with Crippen molar-refractivity contribution in [1.82, 2.24) is 5.01 Å². The Kier molecular flexibility index (Phi) is 3.49. The lowest BCUT2D eigenvalue weighted by Crippen LogP contribution is -2.45. The number of hydrogen-bond donors (Lipinski definition) is 3. The Hall–Kier alpha value is -1.07. The third-order valence-electron chi connectivity index (χ3n) is 2.50. The number of nitrogens with two attached hydrogens (primary N) is 2. The molecule has 5 heteroatoms. The van der Waals surface area contributed by atoms with E-state index in [0.29, 0.717) is 24.2 Å². The third-order valence-corrected chi connectivity index (χ3v) is 2.50. The maximum Gasteiger partial charge on any atom is 0.333 e. The molecule has 1 aliphatic heterocycles. The summed E-state index contributed by atoms with van der Waals surface area (Å²) in [7, 11) is 0. The standard InChI is InChI=1S/C9H17N3O2/c1-2-6(9(13)14)8-7(10)4-3-5-12(8)11/h7H,2-5,10-11H2,1H3,(H,13,14)/b8-6+. The summed E-state index contributed by atoms with van der Waals surface area (Å²) in [6.45, 7) is 2.48. The van der Waals surface area contributed by atoms with Crippen molar-refractivity contribution in [3.8, 4) is 0 Å². The molecule has 0 bridgehead atoms. The van der Waals surface area contributed by atoms with Gasteiger partial charge in [0.2, 0.25) is 0 Å². The molecule has 0 spiro atoms. The summed E-state index contributed by atoms with van der Waals surface area (Å²) in [4.78, 5) is 10.9. The first-order chi connectivity index (χ1) is 6.57. The van der Waals surface area contributed by atoms with Crippen LogP contribution >= 0.6 is 0 Å². The van der Waals surface area contributed by atoms with E-state index in [0.717, 1.165) is 12.8 Å². The van der Waals surface area contributed by atoms with E-state index in [1.165, 1.54) is 5.01 Å². The van der Waals surface area contributed by atoms with E-state index in [1.54, 1.807) is 6.92 Å². The highest BCUT2D eigenvalue weighted by molar-refractivity contribution is 5.87. The van der Waals surface area contributed by atoms with Gasteiger partial charge in [-0.2, -0.15) is 0 Å². The fourth-order valence-electron chi connectivity index (χ4n) is 1.79. The van der Waals surface area contributed by atoms with Gasteiger partial charge in [-0.25, -0.2) is 10.6 Å². The van der Waals surface area contributed by atoms with Gasteiger partial charge < -0.3 is 15.8 Å². The van der Waals surface area contributed by atoms with Crippen molar-refractivity contribution in [3.05, 3.63) is 11.3 Å². The molecule has 1 atom stereocenters. The molecule has 0 saturated carbocycles. The van der Waals surface area contributed by atoms with E-state index < -0.39 is 5.97 Å². The second-order valence-corrected chi connectivity index (χ2v) is 3.46. The van der Waals surface area contributed by atoms with Crippen LogP contribution in [-0.4, -0.2) is 28.7 Å². The Morgan fingerprint density at radius 1 is 1.71 bits per heavy atom. The quantitative estimate of drug-likeness (QED) is 0.431. The van der Waals surface area contributed by atoms with Crippen molar-refractivity contribution in [1.29, 1.82) is 0 Å². The van der Waals surface area contributed by atoms with Crippen molar-refractivity contribution in [2.45, 2.75) is 32.2 Å². The van der Waals surface area contributed by atoms with Gasteiger partial charge in [0.05, 0.1) is 11.3 Å². The molecule has 1 aliphatic rings. The summed E-state index contributed by atoms with van der Waals surface area (Å²) in [6.07, 6.45) is 2.17. The zero-order valence-electron chi connectivity index (χ0n) is 8.36. The van der Waals surface area contributed by atoms with Crippen LogP contribution in [0.1, 0.15) is 26.2 Å².